The molecule has 1 aromatic carbocycles. The van der Waals surface area contributed by atoms with Crippen LogP contribution in [0.2, 0.25) is 0 Å². The highest BCUT2D eigenvalue weighted by Crippen LogP contribution is 2.22. The monoisotopic (exact) mass is 453 g/mol. The van der Waals surface area contributed by atoms with E-state index in [9.17, 15) is 9.59 Å². The molecule has 1 atom stereocenters. The lowest BCUT2D eigenvalue weighted by atomic mass is 10.0. The van der Waals surface area contributed by atoms with Gasteiger partial charge in [-0.15, -0.1) is 0 Å². The maximum absolute atomic E-state index is 12.3. The second-order valence-corrected chi connectivity index (χ2v) is 6.88. The van der Waals surface area contributed by atoms with Crippen molar-refractivity contribution in [2.75, 3.05) is 5.32 Å². The van der Waals surface area contributed by atoms with E-state index < -0.39 is 12.1 Å². The molecule has 0 aliphatic carbocycles. The van der Waals surface area contributed by atoms with E-state index in [4.69, 9.17) is 9.15 Å². The molecule has 0 spiro atoms. The maximum atomic E-state index is 12.3. The van der Waals surface area contributed by atoms with Gasteiger partial charge < -0.3 is 14.5 Å². The Kier molecular flexibility index (Phi) is 6.41. The van der Waals surface area contributed by atoms with Gasteiger partial charge in [-0.2, -0.15) is 0 Å². The largest absolute Gasteiger partial charge is 0.451 e. The summed E-state index contributed by atoms with van der Waals surface area (Å²) in [5.41, 5.74) is 3.82. The lowest BCUT2D eigenvalue weighted by Crippen LogP contribution is -2.30. The Morgan fingerprint density at radius 3 is 2.40 bits per heavy atom. The van der Waals surface area contributed by atoms with Gasteiger partial charge in [-0.25, -0.2) is 4.79 Å². The molecule has 6 heteroatoms. The summed E-state index contributed by atoms with van der Waals surface area (Å²) in [6.07, 6.45) is 1.83. The van der Waals surface area contributed by atoms with E-state index in [2.05, 4.69) is 5.32 Å². The predicted molar refractivity (Wildman–Crippen MR) is 105 cm³/mol. The van der Waals surface area contributed by atoms with E-state index in [1.807, 2.05) is 55.5 Å². The summed E-state index contributed by atoms with van der Waals surface area (Å²) in [6, 6.07) is 7.51. The predicted octanol–water partition coefficient (Wildman–Crippen LogP) is 4.39. The van der Waals surface area contributed by atoms with Crippen LogP contribution in [0, 0.1) is 24.5 Å². The number of rotatable bonds is 5. The van der Waals surface area contributed by atoms with Gasteiger partial charge in [0.05, 0.1) is 0 Å². The number of ether oxygens (including phenoxy) is 1. The SMILES string of the molecule is Cc1cc(C)c(NC(=O)C(C)OC(=O)/C=C/c2ccc(I)o2)c(C)c1. The van der Waals surface area contributed by atoms with Crippen molar-refractivity contribution in [3.63, 3.8) is 0 Å². The molecule has 0 aliphatic heterocycles. The molecule has 0 radical (unpaired) electrons. The Labute approximate surface area is 160 Å². The van der Waals surface area contributed by atoms with E-state index in [1.165, 1.54) is 19.1 Å². The van der Waals surface area contributed by atoms with Crippen molar-refractivity contribution in [2.24, 2.45) is 0 Å². The third-order valence-corrected chi connectivity index (χ3v) is 4.14. The fraction of sp³-hybridized carbons (Fsp3) is 0.263. The summed E-state index contributed by atoms with van der Waals surface area (Å²) in [4.78, 5) is 24.1. The summed E-state index contributed by atoms with van der Waals surface area (Å²) in [5.74, 6) is -0.430. The van der Waals surface area contributed by atoms with Crippen LogP contribution in [0.5, 0.6) is 0 Å². The molecule has 1 aromatic heterocycles. The second kappa shape index (κ2) is 8.33. The number of aryl methyl sites for hydroxylation is 3. The molecule has 25 heavy (non-hydrogen) atoms. The zero-order valence-electron chi connectivity index (χ0n) is 14.6. The molecule has 1 heterocycles. The van der Waals surface area contributed by atoms with Crippen LogP contribution in [0.3, 0.4) is 0 Å². The molecule has 0 saturated heterocycles. The van der Waals surface area contributed by atoms with Crippen molar-refractivity contribution < 1.29 is 18.7 Å². The zero-order valence-corrected chi connectivity index (χ0v) is 16.7. The Hall–Kier alpha value is -2.09. The minimum atomic E-state index is -0.908. The molecule has 0 saturated carbocycles. The first-order chi connectivity index (χ1) is 11.8. The highest BCUT2D eigenvalue weighted by molar-refractivity contribution is 14.1. The third-order valence-electron chi connectivity index (χ3n) is 3.57. The van der Waals surface area contributed by atoms with Gasteiger partial charge in [0.25, 0.3) is 5.91 Å². The van der Waals surface area contributed by atoms with Gasteiger partial charge in [0.15, 0.2) is 9.87 Å². The van der Waals surface area contributed by atoms with E-state index in [0.29, 0.717) is 5.76 Å². The number of amides is 1. The number of carbonyl (C=O) groups is 2. The number of benzene rings is 1. The van der Waals surface area contributed by atoms with E-state index in [-0.39, 0.29) is 5.91 Å². The number of nitrogens with one attached hydrogen (secondary N) is 1. The summed E-state index contributed by atoms with van der Waals surface area (Å²) < 4.78 is 11.2. The first-order valence-electron chi connectivity index (χ1n) is 7.79. The third kappa shape index (κ3) is 5.45. The summed E-state index contributed by atoms with van der Waals surface area (Å²) >= 11 is 2.03. The minimum absolute atomic E-state index is 0.371. The first-order valence-corrected chi connectivity index (χ1v) is 8.87. The topological polar surface area (TPSA) is 68.5 Å². The Morgan fingerprint density at radius 2 is 1.84 bits per heavy atom. The van der Waals surface area contributed by atoms with Crippen molar-refractivity contribution in [1.82, 2.24) is 0 Å². The van der Waals surface area contributed by atoms with Crippen molar-refractivity contribution in [2.45, 2.75) is 33.8 Å². The smallest absolute Gasteiger partial charge is 0.331 e. The average Bonchev–Trinajstić information content (AvgIpc) is 2.94. The minimum Gasteiger partial charge on any atom is -0.451 e. The van der Waals surface area contributed by atoms with Gasteiger partial charge in [-0.1, -0.05) is 17.7 Å². The van der Waals surface area contributed by atoms with Gasteiger partial charge in [0, 0.05) is 11.8 Å². The molecule has 0 bridgehead atoms. The molecule has 5 nitrogen and oxygen atoms in total. The fourth-order valence-electron chi connectivity index (χ4n) is 2.44. The van der Waals surface area contributed by atoms with Gasteiger partial charge in [0.2, 0.25) is 0 Å². The Bertz CT molecular complexity index is 800. The number of furan rings is 1. The van der Waals surface area contributed by atoms with Gasteiger partial charge >= 0.3 is 5.97 Å². The number of halogens is 1. The standard InChI is InChI=1S/C19H20INO4/c1-11-9-12(2)18(13(3)10-11)21-19(23)14(4)24-17(22)8-6-15-5-7-16(20)25-15/h5-10,14H,1-4H3,(H,21,23)/b8-6+. The number of hydrogen-bond donors (Lipinski definition) is 1. The van der Waals surface area contributed by atoms with E-state index >= 15 is 0 Å². The fourth-order valence-corrected chi connectivity index (χ4v) is 2.87. The van der Waals surface area contributed by atoms with Crippen LogP contribution >= 0.6 is 22.6 Å². The number of anilines is 1. The molecule has 2 rings (SSSR count). The molecule has 1 amide bonds. The average molecular weight is 453 g/mol. The van der Waals surface area contributed by atoms with E-state index in [0.717, 1.165) is 26.1 Å². The molecular formula is C19H20INO4. The molecule has 132 valence electrons. The van der Waals surface area contributed by atoms with Crippen LogP contribution < -0.4 is 5.32 Å². The van der Waals surface area contributed by atoms with Crippen LogP contribution in [0.4, 0.5) is 5.69 Å². The molecular weight excluding hydrogens is 433 g/mol. The van der Waals surface area contributed by atoms with Crippen LogP contribution in [-0.4, -0.2) is 18.0 Å². The van der Waals surface area contributed by atoms with Gasteiger partial charge in [0.1, 0.15) is 5.76 Å². The molecule has 0 aliphatic rings. The summed E-state index contributed by atoms with van der Waals surface area (Å²) in [6.45, 7) is 7.40. The van der Waals surface area contributed by atoms with Crippen LogP contribution in [0.15, 0.2) is 34.8 Å². The quantitative estimate of drug-likeness (QED) is 0.414. The zero-order chi connectivity index (χ0) is 18.6. The van der Waals surface area contributed by atoms with Gasteiger partial charge in [-0.05, 0) is 79.6 Å². The second-order valence-electron chi connectivity index (χ2n) is 5.82. The Morgan fingerprint density at radius 1 is 1.20 bits per heavy atom. The number of carbonyl (C=O) groups excluding carboxylic acids is 2. The van der Waals surface area contributed by atoms with Crippen LogP contribution in [0.1, 0.15) is 29.4 Å². The van der Waals surface area contributed by atoms with Crippen molar-refractivity contribution >= 4 is 46.2 Å². The molecule has 1 unspecified atom stereocenters. The lowest BCUT2D eigenvalue weighted by molar-refractivity contribution is -0.148. The molecule has 1 N–H and O–H groups in total. The highest BCUT2D eigenvalue weighted by Gasteiger charge is 2.18. The summed E-state index contributed by atoms with van der Waals surface area (Å²) in [5, 5.41) is 2.83. The van der Waals surface area contributed by atoms with Crippen molar-refractivity contribution in [3.05, 3.63) is 56.6 Å². The normalized spacial score (nSPS) is 12.2. The van der Waals surface area contributed by atoms with Gasteiger partial charge in [-0.3, -0.25) is 4.79 Å². The van der Waals surface area contributed by atoms with Crippen LogP contribution in [-0.2, 0) is 14.3 Å². The van der Waals surface area contributed by atoms with Crippen molar-refractivity contribution in [1.29, 1.82) is 0 Å². The maximum Gasteiger partial charge on any atom is 0.331 e. The highest BCUT2D eigenvalue weighted by atomic mass is 127. The first kappa shape index (κ1) is 19.2. The number of esters is 1. The number of hydrogen-bond acceptors (Lipinski definition) is 4. The van der Waals surface area contributed by atoms with Crippen LogP contribution in [0.25, 0.3) is 6.08 Å². The Balaban J connectivity index is 1.96. The van der Waals surface area contributed by atoms with E-state index in [1.54, 1.807) is 12.1 Å². The molecule has 0 fully saturated rings. The molecule has 2 aromatic rings. The summed E-state index contributed by atoms with van der Waals surface area (Å²) in [7, 11) is 0. The van der Waals surface area contributed by atoms with Crippen molar-refractivity contribution in [3.8, 4) is 0 Å². The lowest BCUT2D eigenvalue weighted by Gasteiger charge is -2.16.